The van der Waals surface area contributed by atoms with Crippen LogP contribution in [0.5, 0.6) is 0 Å². The van der Waals surface area contributed by atoms with Crippen LogP contribution < -0.4 is 15.6 Å². The van der Waals surface area contributed by atoms with Crippen molar-refractivity contribution in [2.45, 2.75) is 238 Å². The third kappa shape index (κ3) is 40.9. The topological polar surface area (TPSA) is 73.8 Å². The molecule has 0 amide bonds. The van der Waals surface area contributed by atoms with Gasteiger partial charge in [0.1, 0.15) is 0 Å². The fraction of sp³-hybridized carbons (Fsp3) is 0.660. The highest BCUT2D eigenvalue weighted by atomic mass is 28.5. The van der Waals surface area contributed by atoms with Crippen molar-refractivity contribution in [1.82, 2.24) is 0 Å². The predicted octanol–water partition coefficient (Wildman–Crippen LogP) is 18.8. The smallest absolute Gasteiger partial charge is 0.388 e. The van der Waals surface area contributed by atoms with Gasteiger partial charge >= 0.3 is 42.8 Å². The molecule has 0 radical (unpaired) electrons. The van der Waals surface area contributed by atoms with Crippen LogP contribution in [-0.4, -0.2) is 92.7 Å². The Bertz CT molecular complexity index is 1690. The van der Waals surface area contributed by atoms with E-state index in [0.29, 0.717) is 0 Å². The Kier molecular flexibility index (Phi) is 47.1. The van der Waals surface area contributed by atoms with E-state index in [4.69, 9.17) is 32.9 Å². The molecule has 72 heavy (non-hydrogen) atoms. The Morgan fingerprint density at radius 3 is 0.625 bits per heavy atom. The second-order valence-corrected chi connectivity index (χ2v) is 68.5. The first-order valence-electron chi connectivity index (χ1n) is 22.2. The first-order chi connectivity index (χ1) is 27.5. The third-order valence-corrected chi connectivity index (χ3v) is 43.1. The first-order valence-corrected chi connectivity index (χ1v) is 55.3. The minimum Gasteiger partial charge on any atom is -0.437 e. The monoisotopic (exact) mass is 1200 g/mol. The summed E-state index contributed by atoms with van der Waals surface area (Å²) in [5.41, 5.74) is 0. The fourth-order valence-corrected chi connectivity index (χ4v) is 53.6. The van der Waals surface area contributed by atoms with E-state index in [-0.39, 0.29) is 74.3 Å². The molecule has 0 saturated heterocycles. The number of rotatable bonds is 19. The maximum atomic E-state index is 7.05. The third-order valence-electron chi connectivity index (χ3n) is 7.59. The lowest BCUT2D eigenvalue weighted by Crippen LogP contribution is -2.71. The van der Waals surface area contributed by atoms with E-state index < -0.39 is 92.7 Å². The van der Waals surface area contributed by atoms with Crippen LogP contribution in [0.15, 0.2) is 91.0 Å². The zero-order valence-corrected chi connectivity index (χ0v) is 54.9. The van der Waals surface area contributed by atoms with Gasteiger partial charge in [-0.15, -0.1) is 0 Å². The average Bonchev–Trinajstić information content (AvgIpc) is 2.99. The van der Waals surface area contributed by atoms with Crippen molar-refractivity contribution in [3.8, 4) is 0 Å². The van der Waals surface area contributed by atoms with Gasteiger partial charge < -0.3 is 32.9 Å². The fourth-order valence-electron chi connectivity index (χ4n) is 7.46. The normalized spacial score (nSPS) is 12.8. The molecule has 0 fully saturated rings. The Morgan fingerprint density at radius 1 is 0.208 bits per heavy atom. The van der Waals surface area contributed by atoms with Crippen LogP contribution in [0.2, 0.25) is 164 Å². The molecule has 0 aliphatic carbocycles. The summed E-state index contributed by atoms with van der Waals surface area (Å²) < 4.78 is 52.4. The van der Waals surface area contributed by atoms with Gasteiger partial charge in [-0.3, -0.25) is 0 Å². The Labute approximate surface area is 466 Å². The molecule has 3 aromatic carbocycles. The molecule has 0 aliphatic heterocycles. The molecular formula is C53H130O8Si11. The van der Waals surface area contributed by atoms with Crippen molar-refractivity contribution in [2.75, 3.05) is 0 Å². The first kappa shape index (κ1) is 94.2. The van der Waals surface area contributed by atoms with Gasteiger partial charge in [-0.05, 0) is 179 Å². The molecule has 0 saturated carbocycles. The van der Waals surface area contributed by atoms with Crippen LogP contribution in [0.4, 0.5) is 0 Å². The molecule has 434 valence electrons. The summed E-state index contributed by atoms with van der Waals surface area (Å²) in [6, 6.07) is 31.4. The van der Waals surface area contributed by atoms with Gasteiger partial charge in [-0.25, -0.2) is 0 Å². The summed E-state index contributed by atoms with van der Waals surface area (Å²) in [5.74, 6) is 0. The van der Waals surface area contributed by atoms with E-state index in [9.17, 15) is 0 Å². The van der Waals surface area contributed by atoms with Gasteiger partial charge in [0.05, 0.1) is 0 Å². The molecule has 19 heteroatoms. The van der Waals surface area contributed by atoms with E-state index >= 15 is 0 Å². The van der Waals surface area contributed by atoms with Gasteiger partial charge in [0.25, 0.3) is 0 Å². The van der Waals surface area contributed by atoms with E-state index in [2.05, 4.69) is 236 Å². The lowest BCUT2D eigenvalue weighted by atomic mass is 10.4. The van der Waals surface area contributed by atoms with E-state index in [1.54, 1.807) is 0 Å². The summed E-state index contributed by atoms with van der Waals surface area (Å²) in [6.07, 6.45) is 0. The SMILES string of the molecule is C.C.C.C.C.C.C.C.C.C.C[Si](C)(C)O[Si](C)(C)O[Si](C)(C)C.C[Si](C)(C)O[Si](C)(C)O[Si](C)(O[Si](C)(C)C)c1ccccc1.C[Si](C)(C)O[Si](C)(C)O[Si](O[Si](C)(C)C)(c1ccccc1)c1ccccc1. The molecule has 0 bridgehead atoms. The summed E-state index contributed by atoms with van der Waals surface area (Å²) in [7, 11) is -21.7. The summed E-state index contributed by atoms with van der Waals surface area (Å²) in [5, 5.41) is 3.49. The highest BCUT2D eigenvalue weighted by Gasteiger charge is 2.51. The van der Waals surface area contributed by atoms with Crippen molar-refractivity contribution in [2.24, 2.45) is 0 Å². The molecule has 0 spiro atoms. The second-order valence-electron chi connectivity index (χ2n) is 23.4. The summed E-state index contributed by atoms with van der Waals surface area (Å²) in [4.78, 5) is 0. The van der Waals surface area contributed by atoms with Crippen LogP contribution >= 0.6 is 0 Å². The number of benzene rings is 3. The Morgan fingerprint density at radius 2 is 0.403 bits per heavy atom. The van der Waals surface area contributed by atoms with E-state index in [1.165, 1.54) is 5.19 Å². The molecule has 3 aromatic rings. The van der Waals surface area contributed by atoms with Crippen molar-refractivity contribution in [1.29, 1.82) is 0 Å². The highest BCUT2D eigenvalue weighted by molar-refractivity contribution is 7.02. The van der Waals surface area contributed by atoms with Gasteiger partial charge in [-0.2, -0.15) is 0 Å². The molecule has 0 heterocycles. The number of hydrogen-bond donors (Lipinski definition) is 0. The lowest BCUT2D eigenvalue weighted by Gasteiger charge is -2.43. The Balaban J connectivity index is -0.0000000981. The molecule has 1 unspecified atom stereocenters. The predicted molar refractivity (Wildman–Crippen MR) is 364 cm³/mol. The summed E-state index contributed by atoms with van der Waals surface area (Å²) in [6.45, 7) is 55.1. The molecular weight excluding hydrogens is 1070 g/mol. The average molecular weight is 1200 g/mol. The largest absolute Gasteiger partial charge is 0.437 e. The van der Waals surface area contributed by atoms with Crippen LogP contribution in [0.3, 0.4) is 0 Å². The molecule has 1 atom stereocenters. The van der Waals surface area contributed by atoms with Crippen LogP contribution in [0.1, 0.15) is 74.3 Å². The standard InChI is InChI=1S/C20H34O3Si4.C15H32O3Si4.C8H24O2Si3.10CH4/c1-24(2,3)21-26(7,8)23-27(22-25(4,5)6,19-15-11-9-12-16-19)20-17-13-10-14-18-20;1-19(2,3)16-21(7,8)18-22(9,17-20(4,5)6)15-13-11-10-12-14-15;1-11(2,3)9-13(7,8)10-12(4,5)6;;;;;;;;;;/h9-18H,1-8H3;10-14H,1-9H3;1-8H3;10*1H4. The van der Waals surface area contributed by atoms with Gasteiger partial charge in [0.15, 0.2) is 49.9 Å². The van der Waals surface area contributed by atoms with Crippen molar-refractivity contribution < 1.29 is 32.9 Å². The quantitative estimate of drug-likeness (QED) is 0.110. The van der Waals surface area contributed by atoms with Crippen LogP contribution in [0.25, 0.3) is 0 Å². The molecule has 3 rings (SSSR count). The van der Waals surface area contributed by atoms with Gasteiger partial charge in [0.2, 0.25) is 0 Å². The van der Waals surface area contributed by atoms with Gasteiger partial charge in [-0.1, -0.05) is 165 Å². The minimum absolute atomic E-state index is 0. The maximum absolute atomic E-state index is 7.05. The van der Waals surface area contributed by atoms with Crippen LogP contribution in [0, 0.1) is 0 Å². The number of hydrogen-bond acceptors (Lipinski definition) is 8. The van der Waals surface area contributed by atoms with E-state index in [1.807, 2.05) is 18.2 Å². The molecule has 0 aromatic heterocycles. The zero-order valence-electron chi connectivity index (χ0n) is 43.9. The van der Waals surface area contributed by atoms with Crippen molar-refractivity contribution in [3.63, 3.8) is 0 Å². The van der Waals surface area contributed by atoms with E-state index in [0.717, 1.165) is 10.4 Å². The molecule has 0 aliphatic rings. The second kappa shape index (κ2) is 36.0. The molecule has 0 N–H and O–H groups in total. The highest BCUT2D eigenvalue weighted by Crippen LogP contribution is 2.26. The molecule has 8 nitrogen and oxygen atoms in total. The van der Waals surface area contributed by atoms with Gasteiger partial charge in [0, 0.05) is 0 Å². The lowest BCUT2D eigenvalue weighted by molar-refractivity contribution is 0.336. The Hall–Kier alpha value is -0.274. The van der Waals surface area contributed by atoms with Crippen molar-refractivity contribution >= 4 is 108 Å². The summed E-state index contributed by atoms with van der Waals surface area (Å²) >= 11 is 0. The minimum atomic E-state index is -2.90. The maximum Gasteiger partial charge on any atom is 0.388 e. The van der Waals surface area contributed by atoms with Crippen LogP contribution in [-0.2, 0) is 32.9 Å². The van der Waals surface area contributed by atoms with Crippen molar-refractivity contribution in [3.05, 3.63) is 91.0 Å². The zero-order chi connectivity index (χ0) is 48.5.